The summed E-state index contributed by atoms with van der Waals surface area (Å²) in [7, 11) is 0.710. The summed E-state index contributed by atoms with van der Waals surface area (Å²) in [6, 6.07) is 0. The monoisotopic (exact) mass is 330 g/mol. The first kappa shape index (κ1) is 16.9. The molecule has 2 rings (SSSR count). The molecular weight excluding hydrogens is 308 g/mol. The lowest BCUT2D eigenvalue weighted by molar-refractivity contribution is 0.270. The quantitative estimate of drug-likeness (QED) is 0.741. The lowest BCUT2D eigenvalue weighted by Crippen LogP contribution is -2.45. The number of piperidine rings is 1. The average Bonchev–Trinajstić information content (AvgIpc) is 2.49. The van der Waals surface area contributed by atoms with E-state index in [1.54, 1.807) is 0 Å². The molecule has 0 atom stereocenters. The van der Waals surface area contributed by atoms with Crippen LogP contribution in [0, 0.1) is 5.92 Å². The number of aromatic nitrogens is 2. The summed E-state index contributed by atoms with van der Waals surface area (Å²) in [4.78, 5) is 23.5. The van der Waals surface area contributed by atoms with E-state index in [2.05, 4.69) is 5.32 Å². The van der Waals surface area contributed by atoms with E-state index in [0.717, 1.165) is 34.7 Å². The van der Waals surface area contributed by atoms with Gasteiger partial charge < -0.3 is 9.88 Å². The zero-order valence-electron chi connectivity index (χ0n) is 13.1. The van der Waals surface area contributed by atoms with Crippen molar-refractivity contribution in [1.29, 1.82) is 0 Å². The van der Waals surface area contributed by atoms with Crippen molar-refractivity contribution in [3.63, 3.8) is 0 Å². The van der Waals surface area contributed by atoms with E-state index >= 15 is 0 Å². The molecule has 22 heavy (non-hydrogen) atoms. The molecule has 1 N–H and O–H groups in total. The standard InChI is InChI=1S/C13H22N4O4S/c1-14-8-10-4-6-17(7-5-10)22(20,21)11-9-15(2)13(19)16(3)12(11)18/h9-10,14H,4-8H2,1-3H3. The molecule has 124 valence electrons. The van der Waals surface area contributed by atoms with Crippen LogP contribution < -0.4 is 16.6 Å². The molecule has 8 nitrogen and oxygen atoms in total. The number of hydrogen-bond donors (Lipinski definition) is 1. The first-order valence-corrected chi connectivity index (χ1v) is 8.64. The van der Waals surface area contributed by atoms with E-state index in [1.165, 1.54) is 18.4 Å². The summed E-state index contributed by atoms with van der Waals surface area (Å²) in [5.74, 6) is 0.444. The molecule has 0 aromatic carbocycles. The molecule has 0 spiro atoms. The van der Waals surface area contributed by atoms with Gasteiger partial charge in [0, 0.05) is 33.4 Å². The number of aryl methyl sites for hydroxylation is 1. The second-order valence-corrected chi connectivity index (χ2v) is 7.56. The first-order valence-electron chi connectivity index (χ1n) is 7.20. The number of rotatable bonds is 4. The highest BCUT2D eigenvalue weighted by atomic mass is 32.2. The Balaban J connectivity index is 2.33. The third-order valence-electron chi connectivity index (χ3n) is 4.10. The fourth-order valence-electron chi connectivity index (χ4n) is 2.73. The van der Waals surface area contributed by atoms with Gasteiger partial charge in [0.05, 0.1) is 0 Å². The van der Waals surface area contributed by atoms with E-state index in [1.807, 2.05) is 7.05 Å². The van der Waals surface area contributed by atoms with Crippen LogP contribution in [0.25, 0.3) is 0 Å². The third kappa shape index (κ3) is 3.01. The Morgan fingerprint density at radius 1 is 1.23 bits per heavy atom. The van der Waals surface area contributed by atoms with Gasteiger partial charge in [-0.05, 0) is 32.4 Å². The summed E-state index contributed by atoms with van der Waals surface area (Å²) in [6.07, 6.45) is 2.62. The zero-order valence-corrected chi connectivity index (χ0v) is 13.9. The molecule has 1 aromatic rings. The fraction of sp³-hybridized carbons (Fsp3) is 0.692. The van der Waals surface area contributed by atoms with Gasteiger partial charge in [-0.1, -0.05) is 0 Å². The molecule has 0 radical (unpaired) electrons. The predicted molar refractivity (Wildman–Crippen MR) is 82.3 cm³/mol. The fourth-order valence-corrected chi connectivity index (χ4v) is 4.35. The normalized spacial score (nSPS) is 17.8. The van der Waals surface area contributed by atoms with Crippen LogP contribution in [0.15, 0.2) is 20.7 Å². The molecule has 1 fully saturated rings. The van der Waals surface area contributed by atoms with Crippen molar-refractivity contribution < 1.29 is 8.42 Å². The molecule has 1 aliphatic heterocycles. The Morgan fingerprint density at radius 2 is 1.82 bits per heavy atom. The Morgan fingerprint density at radius 3 is 2.36 bits per heavy atom. The minimum Gasteiger partial charge on any atom is -0.319 e. The van der Waals surface area contributed by atoms with Crippen molar-refractivity contribution in [3.05, 3.63) is 27.0 Å². The lowest BCUT2D eigenvalue weighted by Gasteiger charge is -2.30. The summed E-state index contributed by atoms with van der Waals surface area (Å²) < 4.78 is 28.6. The molecule has 1 aliphatic rings. The van der Waals surface area contributed by atoms with Crippen molar-refractivity contribution in [2.24, 2.45) is 20.0 Å². The van der Waals surface area contributed by atoms with Gasteiger partial charge in [-0.15, -0.1) is 0 Å². The van der Waals surface area contributed by atoms with Crippen LogP contribution in [-0.2, 0) is 24.1 Å². The Kier molecular flexibility index (Phi) is 4.88. The molecule has 0 bridgehead atoms. The highest BCUT2D eigenvalue weighted by molar-refractivity contribution is 7.89. The second kappa shape index (κ2) is 6.35. The highest BCUT2D eigenvalue weighted by Crippen LogP contribution is 2.21. The minimum atomic E-state index is -3.87. The van der Waals surface area contributed by atoms with E-state index in [0.29, 0.717) is 19.0 Å². The van der Waals surface area contributed by atoms with Crippen LogP contribution >= 0.6 is 0 Å². The lowest BCUT2D eigenvalue weighted by atomic mass is 9.98. The largest absolute Gasteiger partial charge is 0.330 e. The smallest absolute Gasteiger partial charge is 0.319 e. The van der Waals surface area contributed by atoms with Crippen molar-refractivity contribution in [3.8, 4) is 0 Å². The van der Waals surface area contributed by atoms with E-state index in [9.17, 15) is 18.0 Å². The Bertz CT molecular complexity index is 757. The maximum atomic E-state index is 12.7. The molecule has 2 heterocycles. The zero-order chi connectivity index (χ0) is 16.5. The molecule has 9 heteroatoms. The Labute approximate surface area is 129 Å². The van der Waals surface area contributed by atoms with Gasteiger partial charge in [-0.25, -0.2) is 13.2 Å². The predicted octanol–water partition coefficient (Wildman–Crippen LogP) is -1.30. The number of hydrogen-bond acceptors (Lipinski definition) is 5. The maximum Gasteiger partial charge on any atom is 0.330 e. The van der Waals surface area contributed by atoms with Crippen molar-refractivity contribution in [2.75, 3.05) is 26.7 Å². The molecule has 0 unspecified atom stereocenters. The molecular formula is C13H22N4O4S. The highest BCUT2D eigenvalue weighted by Gasteiger charge is 2.32. The molecule has 0 saturated carbocycles. The van der Waals surface area contributed by atoms with Crippen LogP contribution in [0.5, 0.6) is 0 Å². The summed E-state index contributed by atoms with van der Waals surface area (Å²) >= 11 is 0. The van der Waals surface area contributed by atoms with Gasteiger partial charge in [-0.2, -0.15) is 4.31 Å². The van der Waals surface area contributed by atoms with Crippen LogP contribution in [0.1, 0.15) is 12.8 Å². The van der Waals surface area contributed by atoms with Crippen molar-refractivity contribution >= 4 is 10.0 Å². The van der Waals surface area contributed by atoms with Gasteiger partial charge in [0.2, 0.25) is 10.0 Å². The minimum absolute atomic E-state index is 0.343. The second-order valence-electron chi connectivity index (χ2n) is 5.66. The number of nitrogens with zero attached hydrogens (tertiary/aromatic N) is 3. The summed E-state index contributed by atoms with van der Waals surface area (Å²) in [6.45, 7) is 1.64. The van der Waals surface area contributed by atoms with Gasteiger partial charge >= 0.3 is 5.69 Å². The van der Waals surface area contributed by atoms with E-state index < -0.39 is 21.3 Å². The van der Waals surface area contributed by atoms with Crippen molar-refractivity contribution in [2.45, 2.75) is 17.7 Å². The van der Waals surface area contributed by atoms with Crippen LogP contribution in [-0.4, -0.2) is 48.5 Å². The van der Waals surface area contributed by atoms with Gasteiger partial charge in [0.15, 0.2) is 4.90 Å². The summed E-state index contributed by atoms with van der Waals surface area (Å²) in [5, 5.41) is 3.09. The van der Waals surface area contributed by atoms with Gasteiger partial charge in [0.25, 0.3) is 5.56 Å². The first-order chi connectivity index (χ1) is 10.3. The molecule has 1 saturated heterocycles. The van der Waals surface area contributed by atoms with Crippen LogP contribution in [0.3, 0.4) is 0 Å². The SMILES string of the molecule is CNCC1CCN(S(=O)(=O)c2cn(C)c(=O)n(C)c2=O)CC1. The number of sulfonamides is 1. The Hall–Kier alpha value is -1.45. The summed E-state index contributed by atoms with van der Waals surface area (Å²) in [5.41, 5.74) is -1.32. The van der Waals surface area contributed by atoms with E-state index in [-0.39, 0.29) is 4.90 Å². The molecule has 0 aliphatic carbocycles. The third-order valence-corrected chi connectivity index (χ3v) is 5.98. The van der Waals surface area contributed by atoms with Crippen LogP contribution in [0.4, 0.5) is 0 Å². The van der Waals surface area contributed by atoms with Crippen molar-refractivity contribution in [1.82, 2.24) is 18.8 Å². The maximum absolute atomic E-state index is 12.7. The van der Waals surface area contributed by atoms with E-state index in [4.69, 9.17) is 0 Å². The van der Waals surface area contributed by atoms with Gasteiger partial charge in [-0.3, -0.25) is 9.36 Å². The number of nitrogens with one attached hydrogen (secondary N) is 1. The molecule has 1 aromatic heterocycles. The van der Waals surface area contributed by atoms with Gasteiger partial charge in [0.1, 0.15) is 0 Å². The topological polar surface area (TPSA) is 93.4 Å². The van der Waals surface area contributed by atoms with Crippen LogP contribution in [0.2, 0.25) is 0 Å². The average molecular weight is 330 g/mol. The molecule has 0 amide bonds.